The Kier molecular flexibility index (Phi) is 10.6. The number of rotatable bonds is 11. The van der Waals surface area contributed by atoms with Crippen molar-refractivity contribution in [3.05, 3.63) is 107 Å². The molecular weight excluding hydrogens is 685 g/mol. The second-order valence-electron chi connectivity index (χ2n) is 11.1. The number of ether oxygens (including phenoxy) is 2. The maximum atomic E-state index is 13.5. The van der Waals surface area contributed by atoms with Crippen LogP contribution in [0.4, 0.5) is 18.0 Å². The van der Waals surface area contributed by atoms with E-state index in [2.05, 4.69) is 10.4 Å². The lowest BCUT2D eigenvalue weighted by atomic mass is 10.1. The van der Waals surface area contributed by atoms with Gasteiger partial charge in [-0.05, 0) is 62.2 Å². The van der Waals surface area contributed by atoms with Crippen molar-refractivity contribution in [3.63, 3.8) is 0 Å². The van der Waals surface area contributed by atoms with Gasteiger partial charge in [-0.2, -0.15) is 18.3 Å². The molecule has 0 bridgehead atoms. The molecule has 1 aliphatic rings. The number of benzene rings is 3. The summed E-state index contributed by atoms with van der Waals surface area (Å²) >= 11 is 0. The van der Waals surface area contributed by atoms with Crippen LogP contribution in [-0.2, 0) is 30.5 Å². The summed E-state index contributed by atoms with van der Waals surface area (Å²) in [5, 5.41) is 20.9. The molecule has 0 saturated carbocycles. The first kappa shape index (κ1) is 35.7. The van der Waals surface area contributed by atoms with E-state index in [1.165, 1.54) is 24.1 Å². The van der Waals surface area contributed by atoms with Crippen molar-refractivity contribution in [1.82, 2.24) is 19.5 Å². The van der Waals surface area contributed by atoms with Crippen molar-refractivity contribution in [2.75, 3.05) is 13.2 Å². The van der Waals surface area contributed by atoms with Crippen molar-refractivity contribution in [2.24, 2.45) is 5.28 Å². The average molecular weight is 717 g/mol. The third-order valence-corrected chi connectivity index (χ3v) is 8.81. The molecule has 4 aromatic rings. The zero-order chi connectivity index (χ0) is 36.1. The predicted molar refractivity (Wildman–Crippen MR) is 169 cm³/mol. The smallest absolute Gasteiger partial charge is 0.435 e. The fourth-order valence-electron chi connectivity index (χ4n) is 4.97. The number of aromatic nitrogens is 2. The van der Waals surface area contributed by atoms with Crippen LogP contribution in [0.5, 0.6) is 0 Å². The van der Waals surface area contributed by atoms with Crippen LogP contribution in [0.3, 0.4) is 0 Å². The van der Waals surface area contributed by atoms with E-state index in [9.17, 15) is 36.4 Å². The standard InChI is InChI=1S/C32H31F3N6O8S/c1-21-10-12-23(13-11-21)28-19-29(32(33,34)35)36-40(28)25-14-16-27(17-15-25)50(45,46)37-31(43)47-20-26-9-6-18-39(26)41(44)38-49-22(2)48-30(42)24-7-4-3-5-8-24/h3-5,7-8,10-17,19,22,26H,6,9,18,20H2,1-2H3,(H,37,43)/b41-38-/t22?,26-/m0/s1. The predicted octanol–water partition coefficient (Wildman–Crippen LogP) is 5.76. The van der Waals surface area contributed by atoms with Gasteiger partial charge in [0.05, 0.1) is 33.4 Å². The molecule has 50 heavy (non-hydrogen) atoms. The van der Waals surface area contributed by atoms with Crippen LogP contribution >= 0.6 is 0 Å². The number of hydrogen-bond acceptors (Lipinski definition) is 10. The van der Waals surface area contributed by atoms with Gasteiger partial charge in [-0.25, -0.2) is 27.4 Å². The summed E-state index contributed by atoms with van der Waals surface area (Å²) in [7, 11) is -4.47. The number of hydrogen-bond donors (Lipinski definition) is 1. The molecular formula is C32H31F3N6O8S. The van der Waals surface area contributed by atoms with E-state index in [4.69, 9.17) is 14.3 Å². The highest BCUT2D eigenvalue weighted by atomic mass is 32.2. The molecule has 0 radical (unpaired) electrons. The van der Waals surface area contributed by atoms with Crippen molar-refractivity contribution >= 4 is 22.1 Å². The molecule has 1 amide bonds. The Labute approximate surface area is 284 Å². The number of nitrogens with one attached hydrogen (secondary N) is 1. The number of hydrazine groups is 1. The molecule has 1 aromatic heterocycles. The lowest BCUT2D eigenvalue weighted by Gasteiger charge is -2.20. The molecule has 0 spiro atoms. The van der Waals surface area contributed by atoms with Crippen molar-refractivity contribution in [1.29, 1.82) is 0 Å². The Hall–Kier alpha value is -5.65. The highest BCUT2D eigenvalue weighted by Gasteiger charge is 2.36. The summed E-state index contributed by atoms with van der Waals surface area (Å²) in [5.74, 6) is -0.681. The van der Waals surface area contributed by atoms with Gasteiger partial charge >= 0.3 is 18.2 Å². The lowest BCUT2D eigenvalue weighted by molar-refractivity contribution is -0.716. The van der Waals surface area contributed by atoms with E-state index in [1.54, 1.807) is 59.3 Å². The average Bonchev–Trinajstić information content (AvgIpc) is 3.75. The summed E-state index contributed by atoms with van der Waals surface area (Å²) in [6.45, 7) is 3.04. The summed E-state index contributed by atoms with van der Waals surface area (Å²) in [6.07, 6.45) is -6.31. The van der Waals surface area contributed by atoms with E-state index < -0.39 is 46.3 Å². The highest BCUT2D eigenvalue weighted by Crippen LogP contribution is 2.33. The van der Waals surface area contributed by atoms with Gasteiger partial charge < -0.3 is 14.7 Å². The van der Waals surface area contributed by atoms with Gasteiger partial charge in [-0.15, -0.1) is 5.01 Å². The number of halogens is 3. The molecule has 1 N–H and O–H groups in total. The fraction of sp³-hybridized carbons (Fsp3) is 0.281. The van der Waals surface area contributed by atoms with Crippen LogP contribution in [-0.4, -0.2) is 65.7 Å². The molecule has 5 rings (SSSR count). The van der Waals surface area contributed by atoms with E-state index in [0.717, 1.165) is 28.4 Å². The number of carbonyl (C=O) groups is 2. The third-order valence-electron chi connectivity index (χ3n) is 7.48. The molecule has 1 fully saturated rings. The maximum Gasteiger partial charge on any atom is 0.435 e. The van der Waals surface area contributed by atoms with E-state index >= 15 is 0 Å². The molecule has 14 nitrogen and oxygen atoms in total. The monoisotopic (exact) mass is 716 g/mol. The van der Waals surface area contributed by atoms with E-state index in [0.29, 0.717) is 18.4 Å². The number of aryl methyl sites for hydroxylation is 1. The van der Waals surface area contributed by atoms with Crippen LogP contribution < -0.4 is 4.72 Å². The van der Waals surface area contributed by atoms with Crippen molar-refractivity contribution in [2.45, 2.75) is 50.1 Å². The number of carbonyl (C=O) groups excluding carboxylic acids is 2. The highest BCUT2D eigenvalue weighted by molar-refractivity contribution is 7.90. The Balaban J connectivity index is 1.18. The van der Waals surface area contributed by atoms with Gasteiger partial charge in [0.25, 0.3) is 16.3 Å². The minimum Gasteiger partial charge on any atom is -0.569 e. The van der Waals surface area contributed by atoms with Crippen LogP contribution in [0.1, 0.15) is 41.4 Å². The molecule has 1 unspecified atom stereocenters. The summed E-state index contributed by atoms with van der Waals surface area (Å²) in [6, 6.07) is 19.8. The quantitative estimate of drug-likeness (QED) is 0.0663. The first-order chi connectivity index (χ1) is 23.7. The van der Waals surface area contributed by atoms with Crippen LogP contribution in [0.2, 0.25) is 0 Å². The molecule has 1 saturated heterocycles. The first-order valence-corrected chi connectivity index (χ1v) is 16.6. The van der Waals surface area contributed by atoms with E-state index in [-0.39, 0.29) is 40.0 Å². The first-order valence-electron chi connectivity index (χ1n) is 15.1. The summed E-state index contributed by atoms with van der Waals surface area (Å²) < 4.78 is 79.4. The topological polar surface area (TPSA) is 167 Å². The number of sulfonamides is 1. The zero-order valence-corrected chi connectivity index (χ0v) is 27.4. The molecule has 3 aromatic carbocycles. The van der Waals surface area contributed by atoms with Gasteiger partial charge in [0.1, 0.15) is 12.6 Å². The molecule has 2 atom stereocenters. The minimum atomic E-state index is -4.72. The number of nitrogens with zero attached hydrogens (tertiary/aromatic N) is 5. The van der Waals surface area contributed by atoms with Gasteiger partial charge in [0.2, 0.25) is 5.28 Å². The number of esters is 1. The van der Waals surface area contributed by atoms with Gasteiger partial charge in [-0.1, -0.05) is 48.0 Å². The van der Waals surface area contributed by atoms with Crippen LogP contribution in [0.25, 0.3) is 16.9 Å². The van der Waals surface area contributed by atoms with Gasteiger partial charge in [-0.3, -0.25) is 4.84 Å². The second kappa shape index (κ2) is 14.9. The van der Waals surface area contributed by atoms with Crippen LogP contribution in [0.15, 0.2) is 95.1 Å². The Morgan fingerprint density at radius 3 is 2.42 bits per heavy atom. The van der Waals surface area contributed by atoms with Crippen LogP contribution in [0, 0.1) is 12.1 Å². The second-order valence-corrected chi connectivity index (χ2v) is 12.8. The normalized spacial score (nSPS) is 15.7. The van der Waals surface area contributed by atoms with Gasteiger partial charge in [0, 0.05) is 12.5 Å². The van der Waals surface area contributed by atoms with E-state index in [1.807, 2.05) is 6.92 Å². The van der Waals surface area contributed by atoms with Gasteiger partial charge in [0.15, 0.2) is 5.69 Å². The summed E-state index contributed by atoms with van der Waals surface area (Å²) in [5.41, 5.74) is 0.781. The summed E-state index contributed by atoms with van der Waals surface area (Å²) in [4.78, 5) is 29.4. The van der Waals surface area contributed by atoms with Crippen molar-refractivity contribution < 1.29 is 50.5 Å². The molecule has 2 heterocycles. The molecule has 264 valence electrons. The Morgan fingerprint density at radius 1 is 1.08 bits per heavy atom. The molecule has 18 heteroatoms. The largest absolute Gasteiger partial charge is 0.569 e. The zero-order valence-electron chi connectivity index (χ0n) is 26.6. The fourth-order valence-corrected chi connectivity index (χ4v) is 5.86. The van der Waals surface area contributed by atoms with Crippen molar-refractivity contribution in [3.8, 4) is 16.9 Å². The SMILES string of the molecule is Cc1ccc(-c2cc(C(F)(F)F)nn2-c2ccc(S(=O)(=O)NC(=O)OC[C@@H]3CCCN3/[N+]([O-])=N/OC(C)OC(=O)c3ccccc3)cc2)cc1. The maximum absolute atomic E-state index is 13.5. The minimum absolute atomic E-state index is 0.131. The number of amides is 1. The Bertz CT molecular complexity index is 1950. The number of alkyl halides is 3. The third kappa shape index (κ3) is 8.68. The molecule has 1 aliphatic heterocycles. The lowest BCUT2D eigenvalue weighted by Crippen LogP contribution is -2.40. The molecule has 0 aliphatic carbocycles. The Morgan fingerprint density at radius 2 is 1.76 bits per heavy atom.